The molecule has 0 bridgehead atoms. The van der Waals surface area contributed by atoms with Crippen molar-refractivity contribution in [2.45, 2.75) is 0 Å². The van der Waals surface area contributed by atoms with Gasteiger partial charge in [0.1, 0.15) is 0 Å². The summed E-state index contributed by atoms with van der Waals surface area (Å²) in [7, 11) is -10.8. The smallest absolute Gasteiger partial charge is 0 e. The molecule has 0 aliphatic rings. The molecule has 0 aromatic rings. The molecule has 0 fully saturated rings. The van der Waals surface area contributed by atoms with Crippen LogP contribution in [-0.4, -0.2) is 81.9 Å². The predicted octanol–water partition coefficient (Wildman–Crippen LogP) is -6.79. The Morgan fingerprint density at radius 3 is 0.538 bits per heavy atom. The minimum Gasteiger partial charge on any atom is -0.822 e. The average Bonchev–Trinajstić information content (AvgIpc) is 1.12. The summed E-state index contributed by atoms with van der Waals surface area (Å²) in [6, 6.07) is 0. The van der Waals surface area contributed by atoms with Gasteiger partial charge in [-0.2, -0.15) is 15.6 Å². The topological polar surface area (TPSA) is 172 Å². The van der Waals surface area contributed by atoms with Crippen molar-refractivity contribution >= 4 is 97.5 Å². The fourth-order valence-electron chi connectivity index (χ4n) is 0. The standard InChI is InChI=1S/2H3O4P.3Pb/c2*1-5(2,3)4;;;/h2*(H3,1,2,3,4);;;/p-6. The van der Waals surface area contributed by atoms with Crippen molar-refractivity contribution in [1.82, 2.24) is 0 Å². The van der Waals surface area contributed by atoms with Crippen LogP contribution in [0.2, 0.25) is 0 Å². The van der Waals surface area contributed by atoms with Crippen molar-refractivity contribution in [2.75, 3.05) is 0 Å². The van der Waals surface area contributed by atoms with Gasteiger partial charge < -0.3 is 38.5 Å². The van der Waals surface area contributed by atoms with E-state index in [-0.39, 0.29) is 81.9 Å². The third-order valence-corrected chi connectivity index (χ3v) is 0. The zero-order valence-electron chi connectivity index (χ0n) is 5.66. The van der Waals surface area contributed by atoms with Gasteiger partial charge in [0.15, 0.2) is 0 Å². The maximum Gasteiger partial charge on any atom is 0 e. The van der Waals surface area contributed by atoms with Crippen molar-refractivity contribution in [2.24, 2.45) is 0 Å². The third kappa shape index (κ3) is 283. The molecule has 12 radical (unpaired) electrons. The third-order valence-electron chi connectivity index (χ3n) is 0. The minimum atomic E-state index is -5.39. The Kier molecular flexibility index (Phi) is 29.9. The average molecular weight is 812 g/mol. The Morgan fingerprint density at radius 1 is 0.538 bits per heavy atom. The van der Waals surface area contributed by atoms with Gasteiger partial charge in [0.05, 0.1) is 0 Å². The van der Waals surface area contributed by atoms with Gasteiger partial charge in [-0.1, -0.05) is 0 Å². The molecule has 0 aromatic carbocycles. The van der Waals surface area contributed by atoms with E-state index in [4.69, 9.17) is 38.5 Å². The zero-order valence-corrected chi connectivity index (χ0v) is 19.1. The molecule has 0 spiro atoms. The number of rotatable bonds is 0. The summed E-state index contributed by atoms with van der Waals surface area (Å²) < 4.78 is 17.1. The Balaban J connectivity index is -0.0000000267. The molecule has 76 valence electrons. The van der Waals surface area contributed by atoms with E-state index < -0.39 is 15.6 Å². The van der Waals surface area contributed by atoms with Gasteiger partial charge in [-0.15, -0.1) is 0 Å². The van der Waals surface area contributed by atoms with E-state index in [2.05, 4.69) is 0 Å². The quantitative estimate of drug-likeness (QED) is 0.172. The first kappa shape index (κ1) is 29.7. The fraction of sp³-hybridized carbons (Fsp3) is 0. The van der Waals surface area contributed by atoms with E-state index in [1.54, 1.807) is 0 Å². The van der Waals surface area contributed by atoms with Crippen LogP contribution in [0.3, 0.4) is 0 Å². The summed E-state index contributed by atoms with van der Waals surface area (Å²) in [5.74, 6) is 0. The summed E-state index contributed by atoms with van der Waals surface area (Å²) >= 11 is 0. The normalized spacial score (nSPS) is 9.08. The van der Waals surface area contributed by atoms with Crippen LogP contribution in [-0.2, 0) is 9.13 Å². The first-order valence-corrected chi connectivity index (χ1v) is 4.38. The maximum atomic E-state index is 8.55. The van der Waals surface area contributed by atoms with E-state index in [1.165, 1.54) is 0 Å². The van der Waals surface area contributed by atoms with Gasteiger partial charge in [-0.05, 0) is 0 Å². The molecule has 0 aliphatic heterocycles. The zero-order chi connectivity index (χ0) is 9.00. The van der Waals surface area contributed by atoms with Gasteiger partial charge in [0, 0.05) is 81.9 Å². The van der Waals surface area contributed by atoms with Crippen molar-refractivity contribution in [3.8, 4) is 0 Å². The summed E-state index contributed by atoms with van der Waals surface area (Å²) in [5.41, 5.74) is 0. The Bertz CT molecular complexity index is 130. The second-order valence-corrected chi connectivity index (χ2v) is 2.68. The van der Waals surface area contributed by atoms with E-state index in [9.17, 15) is 0 Å². The molecule has 0 aromatic heterocycles. The van der Waals surface area contributed by atoms with Crippen LogP contribution in [0.15, 0.2) is 0 Å². The molecule has 0 aliphatic carbocycles. The van der Waals surface area contributed by atoms with E-state index >= 15 is 0 Å². The molecule has 0 rings (SSSR count). The van der Waals surface area contributed by atoms with Crippen LogP contribution < -0.4 is 29.4 Å². The molecule has 0 saturated heterocycles. The van der Waals surface area contributed by atoms with Crippen LogP contribution in [0.25, 0.3) is 0 Å². The monoisotopic (exact) mass is 814 g/mol. The summed E-state index contributed by atoms with van der Waals surface area (Å²) in [4.78, 5) is 51.3. The number of hydrogen-bond acceptors (Lipinski definition) is 8. The molecule has 13 heavy (non-hydrogen) atoms. The molecule has 13 heteroatoms. The van der Waals surface area contributed by atoms with Crippen LogP contribution >= 0.6 is 15.6 Å². The van der Waals surface area contributed by atoms with Gasteiger partial charge in [0.2, 0.25) is 0 Å². The van der Waals surface area contributed by atoms with Crippen molar-refractivity contribution < 1.29 is 38.5 Å². The van der Waals surface area contributed by atoms with Crippen molar-refractivity contribution in [3.63, 3.8) is 0 Å². The summed E-state index contributed by atoms with van der Waals surface area (Å²) in [5, 5.41) is 0. The van der Waals surface area contributed by atoms with E-state index in [0.717, 1.165) is 0 Å². The van der Waals surface area contributed by atoms with Gasteiger partial charge in [-0.3, -0.25) is 0 Å². The second-order valence-electron chi connectivity index (χ2n) is 0.894. The largest absolute Gasteiger partial charge is 0.822 e. The van der Waals surface area contributed by atoms with Gasteiger partial charge in [-0.25, -0.2) is 0 Å². The molecule has 0 N–H and O–H groups in total. The first-order chi connectivity index (χ1) is 4.00. The number of phosphoric acid groups is 2. The summed E-state index contributed by atoms with van der Waals surface area (Å²) in [6.07, 6.45) is 0. The van der Waals surface area contributed by atoms with E-state index in [0.29, 0.717) is 0 Å². The predicted molar refractivity (Wildman–Crippen MR) is 32.5 cm³/mol. The molecule has 0 heterocycles. The van der Waals surface area contributed by atoms with Crippen LogP contribution in [0, 0.1) is 0 Å². The van der Waals surface area contributed by atoms with E-state index in [1.807, 2.05) is 0 Å². The number of hydrogen-bond donors (Lipinski definition) is 0. The SMILES string of the molecule is O=P([O-])([O-])[O-].O=P([O-])([O-])[O-].[Pb].[Pb].[Pb]. The molecule has 0 atom stereocenters. The van der Waals surface area contributed by atoms with Crippen LogP contribution in [0.4, 0.5) is 0 Å². The van der Waals surface area contributed by atoms with Crippen molar-refractivity contribution in [1.29, 1.82) is 0 Å². The van der Waals surface area contributed by atoms with Gasteiger partial charge in [0.25, 0.3) is 0 Å². The maximum absolute atomic E-state index is 8.55. The van der Waals surface area contributed by atoms with Crippen LogP contribution in [0.5, 0.6) is 0 Å². The Hall–Kier alpha value is 2.99. The Morgan fingerprint density at radius 2 is 0.538 bits per heavy atom. The second kappa shape index (κ2) is 13.1. The van der Waals surface area contributed by atoms with Crippen molar-refractivity contribution in [3.05, 3.63) is 0 Å². The molecule has 0 amide bonds. The Labute approximate surface area is 134 Å². The van der Waals surface area contributed by atoms with Crippen LogP contribution in [0.1, 0.15) is 0 Å². The summed E-state index contributed by atoms with van der Waals surface area (Å²) in [6.45, 7) is 0. The first-order valence-electron chi connectivity index (χ1n) is 1.46. The molecule has 8 nitrogen and oxygen atoms in total. The molecule has 0 unspecified atom stereocenters. The minimum absolute atomic E-state index is 0. The molecule has 0 saturated carbocycles. The fourth-order valence-corrected chi connectivity index (χ4v) is 0. The molecular formula is O8P2Pb3-6. The van der Waals surface area contributed by atoms with Gasteiger partial charge >= 0.3 is 0 Å². The molecular weight excluding hydrogens is 812 g/mol.